The Morgan fingerprint density at radius 2 is 2.31 bits per heavy atom. The Labute approximate surface area is 97.6 Å². The van der Waals surface area contributed by atoms with Crippen molar-refractivity contribution in [3.63, 3.8) is 0 Å². The summed E-state index contributed by atoms with van der Waals surface area (Å²) in [7, 11) is 0. The van der Waals surface area contributed by atoms with Gasteiger partial charge in [-0.25, -0.2) is 4.79 Å². The van der Waals surface area contributed by atoms with Crippen molar-refractivity contribution in [2.75, 3.05) is 0 Å². The smallest absolute Gasteiger partial charge is 0.404 e. The van der Waals surface area contributed by atoms with Gasteiger partial charge in [-0.05, 0) is 23.3 Å². The lowest BCUT2D eigenvalue weighted by molar-refractivity contribution is 0.112. The number of carbonyl (C=O) groups excluding carboxylic acids is 1. The number of nitrogens with zero attached hydrogens (tertiary/aromatic N) is 1. The number of amides is 1. The van der Waals surface area contributed by atoms with Crippen LogP contribution in [0.25, 0.3) is 0 Å². The van der Waals surface area contributed by atoms with Crippen LogP contribution in [0.15, 0.2) is 12.1 Å². The van der Waals surface area contributed by atoms with Crippen LogP contribution in [-0.2, 0) is 17.6 Å². The van der Waals surface area contributed by atoms with Gasteiger partial charge in [-0.3, -0.25) is 0 Å². The van der Waals surface area contributed by atoms with Gasteiger partial charge in [0.15, 0.2) is 0 Å². The van der Waals surface area contributed by atoms with Gasteiger partial charge in [0, 0.05) is 17.9 Å². The fourth-order valence-electron chi connectivity index (χ4n) is 2.01. The molecule has 2 rings (SSSR count). The third-order valence-electron chi connectivity index (χ3n) is 2.59. The van der Waals surface area contributed by atoms with Gasteiger partial charge in [-0.15, -0.1) is 0 Å². The second-order valence-corrected chi connectivity index (χ2v) is 4.11. The van der Waals surface area contributed by atoms with Crippen LogP contribution in [0.3, 0.4) is 0 Å². The first-order valence-corrected chi connectivity index (χ1v) is 5.15. The topological polar surface area (TPSA) is 76.1 Å². The average Bonchev–Trinajstić information content (AvgIpc) is 2.57. The zero-order chi connectivity index (χ0) is 11.7. The Bertz CT molecular complexity index is 493. The molecule has 4 nitrogen and oxygen atoms in total. The van der Waals surface area contributed by atoms with E-state index in [1.807, 2.05) is 0 Å². The van der Waals surface area contributed by atoms with Crippen LogP contribution in [0.2, 0.25) is 5.02 Å². The van der Waals surface area contributed by atoms with E-state index >= 15 is 0 Å². The van der Waals surface area contributed by atoms with E-state index in [2.05, 4.69) is 6.07 Å². The summed E-state index contributed by atoms with van der Waals surface area (Å²) in [5.41, 5.74) is 7.35. The molecular weight excluding hydrogens is 228 g/mol. The number of fused-ring (bicyclic) bond motifs is 1. The normalized spacial score (nSPS) is 17.6. The molecule has 0 spiro atoms. The summed E-state index contributed by atoms with van der Waals surface area (Å²) in [6.07, 6.45) is 0.0201. The fourth-order valence-corrected chi connectivity index (χ4v) is 2.25. The van der Waals surface area contributed by atoms with Gasteiger partial charge in [0.1, 0.15) is 6.10 Å². The molecule has 0 aliphatic heterocycles. The second kappa shape index (κ2) is 4.03. The summed E-state index contributed by atoms with van der Waals surface area (Å²) in [6.45, 7) is 0. The van der Waals surface area contributed by atoms with Gasteiger partial charge >= 0.3 is 6.09 Å². The maximum absolute atomic E-state index is 10.6. The van der Waals surface area contributed by atoms with Crippen LogP contribution >= 0.6 is 11.6 Å². The lowest BCUT2D eigenvalue weighted by atomic mass is 10.0. The van der Waals surface area contributed by atoms with Crippen LogP contribution < -0.4 is 5.73 Å². The number of nitriles is 1. The SMILES string of the molecule is N#Cc1cc(Cl)cc2c1CC(OC(N)=O)C2. The largest absolute Gasteiger partial charge is 0.446 e. The predicted molar refractivity (Wildman–Crippen MR) is 58.0 cm³/mol. The number of halogens is 1. The van der Waals surface area contributed by atoms with Gasteiger partial charge in [0.2, 0.25) is 0 Å². The standard InChI is InChI=1S/C11H9ClN2O2/c12-8-1-6-3-9(16-11(14)15)4-10(6)7(2-8)5-13/h1-2,9H,3-4H2,(H2,14,15). The van der Waals surface area contributed by atoms with E-state index in [9.17, 15) is 4.79 Å². The second-order valence-electron chi connectivity index (χ2n) is 3.67. The van der Waals surface area contributed by atoms with Crippen molar-refractivity contribution >= 4 is 17.7 Å². The number of nitrogens with two attached hydrogens (primary N) is 1. The van der Waals surface area contributed by atoms with E-state index < -0.39 is 6.09 Å². The van der Waals surface area contributed by atoms with Crippen molar-refractivity contribution in [2.45, 2.75) is 18.9 Å². The van der Waals surface area contributed by atoms with Crippen molar-refractivity contribution in [2.24, 2.45) is 5.73 Å². The highest BCUT2D eigenvalue weighted by Crippen LogP contribution is 2.30. The molecule has 82 valence electrons. The molecule has 0 saturated heterocycles. The van der Waals surface area contributed by atoms with E-state index in [0.29, 0.717) is 23.4 Å². The van der Waals surface area contributed by atoms with Crippen LogP contribution in [-0.4, -0.2) is 12.2 Å². The molecule has 1 unspecified atom stereocenters. The molecule has 0 saturated carbocycles. The first-order valence-electron chi connectivity index (χ1n) is 4.77. The molecule has 16 heavy (non-hydrogen) atoms. The number of carbonyl (C=O) groups is 1. The molecule has 0 radical (unpaired) electrons. The average molecular weight is 237 g/mol. The predicted octanol–water partition coefficient (Wildman–Crippen LogP) is 1.77. The zero-order valence-corrected chi connectivity index (χ0v) is 9.12. The van der Waals surface area contributed by atoms with E-state index in [4.69, 9.17) is 27.3 Å². The summed E-state index contributed by atoms with van der Waals surface area (Å²) < 4.78 is 4.92. The van der Waals surface area contributed by atoms with E-state index in [-0.39, 0.29) is 6.10 Å². The number of hydrogen-bond acceptors (Lipinski definition) is 3. The van der Waals surface area contributed by atoms with Crippen molar-refractivity contribution in [3.8, 4) is 6.07 Å². The van der Waals surface area contributed by atoms with Crippen LogP contribution in [0.1, 0.15) is 16.7 Å². The first kappa shape index (κ1) is 10.8. The van der Waals surface area contributed by atoms with Gasteiger partial charge < -0.3 is 10.5 Å². The Hall–Kier alpha value is -1.73. The molecule has 0 bridgehead atoms. The molecule has 1 amide bonds. The van der Waals surface area contributed by atoms with Crippen molar-refractivity contribution in [1.82, 2.24) is 0 Å². The molecule has 0 fully saturated rings. The van der Waals surface area contributed by atoms with Crippen LogP contribution in [0.4, 0.5) is 4.79 Å². The van der Waals surface area contributed by atoms with Crippen LogP contribution in [0, 0.1) is 11.3 Å². The van der Waals surface area contributed by atoms with E-state index in [1.165, 1.54) is 0 Å². The fraction of sp³-hybridized carbons (Fsp3) is 0.273. The molecule has 0 aromatic heterocycles. The number of benzene rings is 1. The molecule has 1 atom stereocenters. The zero-order valence-electron chi connectivity index (χ0n) is 8.37. The highest BCUT2D eigenvalue weighted by Gasteiger charge is 2.26. The minimum Gasteiger partial charge on any atom is -0.446 e. The molecule has 5 heteroatoms. The summed E-state index contributed by atoms with van der Waals surface area (Å²) in [4.78, 5) is 10.6. The van der Waals surface area contributed by atoms with Gasteiger partial charge in [-0.2, -0.15) is 5.26 Å². The Morgan fingerprint density at radius 1 is 1.56 bits per heavy atom. The summed E-state index contributed by atoms with van der Waals surface area (Å²) in [5, 5.41) is 9.48. The van der Waals surface area contributed by atoms with Gasteiger partial charge in [0.05, 0.1) is 11.6 Å². The highest BCUT2D eigenvalue weighted by atomic mass is 35.5. The maximum atomic E-state index is 10.6. The molecule has 1 aliphatic carbocycles. The summed E-state index contributed by atoms with van der Waals surface area (Å²) in [5.74, 6) is 0. The maximum Gasteiger partial charge on any atom is 0.404 e. The highest BCUT2D eigenvalue weighted by molar-refractivity contribution is 6.30. The van der Waals surface area contributed by atoms with E-state index in [1.54, 1.807) is 12.1 Å². The van der Waals surface area contributed by atoms with Crippen LogP contribution in [0.5, 0.6) is 0 Å². The lowest BCUT2D eigenvalue weighted by Crippen LogP contribution is -2.22. The summed E-state index contributed by atoms with van der Waals surface area (Å²) in [6, 6.07) is 5.50. The molecule has 1 aromatic carbocycles. The van der Waals surface area contributed by atoms with Crippen molar-refractivity contribution in [1.29, 1.82) is 5.26 Å². The summed E-state index contributed by atoms with van der Waals surface area (Å²) >= 11 is 5.88. The van der Waals surface area contributed by atoms with Crippen molar-refractivity contribution in [3.05, 3.63) is 33.8 Å². The van der Waals surface area contributed by atoms with Gasteiger partial charge in [0.25, 0.3) is 0 Å². The third kappa shape index (κ3) is 1.95. The Balaban J connectivity index is 2.30. The van der Waals surface area contributed by atoms with Crippen molar-refractivity contribution < 1.29 is 9.53 Å². The molecule has 1 aliphatic rings. The molecular formula is C11H9ClN2O2. The lowest BCUT2D eigenvalue weighted by Gasteiger charge is -2.07. The minimum absolute atomic E-state index is 0.280. The number of primary amides is 1. The quantitative estimate of drug-likeness (QED) is 0.807. The molecule has 0 heterocycles. The van der Waals surface area contributed by atoms with Gasteiger partial charge in [-0.1, -0.05) is 11.6 Å². The third-order valence-corrected chi connectivity index (χ3v) is 2.81. The van der Waals surface area contributed by atoms with E-state index in [0.717, 1.165) is 11.1 Å². The number of rotatable bonds is 1. The number of hydrogen-bond donors (Lipinski definition) is 1. The Morgan fingerprint density at radius 3 is 2.94 bits per heavy atom. The Kier molecular flexibility index (Phi) is 2.71. The monoisotopic (exact) mass is 236 g/mol. The molecule has 2 N–H and O–H groups in total. The minimum atomic E-state index is -0.789. The molecule has 1 aromatic rings. The number of ether oxygens (including phenoxy) is 1. The first-order chi connectivity index (χ1) is 7.60.